The lowest BCUT2D eigenvalue weighted by Gasteiger charge is -2.12. The highest BCUT2D eigenvalue weighted by Gasteiger charge is 1.99. The molecule has 1 rings (SSSR count). The molecule has 0 fully saturated rings. The Morgan fingerprint density at radius 3 is 2.08 bits per heavy atom. The Balaban J connectivity index is 0.00000121. The molecule has 0 heterocycles. The SMILES string of the molecule is CN(C)C(=N)c1ccccc1.Cl. The van der Waals surface area contributed by atoms with Gasteiger partial charge in [0.25, 0.3) is 0 Å². The minimum absolute atomic E-state index is 0. The van der Waals surface area contributed by atoms with Crippen molar-refractivity contribution in [1.82, 2.24) is 4.90 Å². The van der Waals surface area contributed by atoms with Crippen LogP contribution in [0.5, 0.6) is 0 Å². The van der Waals surface area contributed by atoms with Gasteiger partial charge in [-0.15, -0.1) is 12.4 Å². The van der Waals surface area contributed by atoms with Crippen molar-refractivity contribution in [2.75, 3.05) is 14.1 Å². The van der Waals surface area contributed by atoms with Gasteiger partial charge >= 0.3 is 0 Å². The summed E-state index contributed by atoms with van der Waals surface area (Å²) in [6, 6.07) is 9.69. The van der Waals surface area contributed by atoms with Gasteiger partial charge in [-0.1, -0.05) is 30.3 Å². The highest BCUT2D eigenvalue weighted by Crippen LogP contribution is 2.00. The first kappa shape index (κ1) is 11.0. The van der Waals surface area contributed by atoms with Gasteiger partial charge in [-0.2, -0.15) is 0 Å². The summed E-state index contributed by atoms with van der Waals surface area (Å²) in [6.07, 6.45) is 0. The first-order chi connectivity index (χ1) is 5.22. The van der Waals surface area contributed by atoms with E-state index in [1.54, 1.807) is 4.90 Å². The molecule has 0 spiro atoms. The molecule has 0 aromatic heterocycles. The Hall–Kier alpha value is -1.02. The second kappa shape index (κ2) is 4.78. The van der Waals surface area contributed by atoms with Crippen molar-refractivity contribution in [3.05, 3.63) is 35.9 Å². The first-order valence-electron chi connectivity index (χ1n) is 3.53. The number of halogens is 1. The topological polar surface area (TPSA) is 27.1 Å². The van der Waals surface area contributed by atoms with Crippen molar-refractivity contribution in [3.63, 3.8) is 0 Å². The lowest BCUT2D eigenvalue weighted by Crippen LogP contribution is -2.21. The van der Waals surface area contributed by atoms with Gasteiger partial charge < -0.3 is 4.90 Å². The molecule has 2 nitrogen and oxygen atoms in total. The molecule has 1 aromatic carbocycles. The second-order valence-corrected chi connectivity index (χ2v) is 2.61. The lowest BCUT2D eigenvalue weighted by molar-refractivity contribution is 0.619. The lowest BCUT2D eigenvalue weighted by atomic mass is 10.2. The van der Waals surface area contributed by atoms with Crippen LogP contribution in [0.3, 0.4) is 0 Å². The van der Waals surface area contributed by atoms with E-state index in [2.05, 4.69) is 0 Å². The molecule has 0 aliphatic heterocycles. The van der Waals surface area contributed by atoms with Crippen LogP contribution in [0.15, 0.2) is 30.3 Å². The number of hydrogen-bond donors (Lipinski definition) is 1. The quantitative estimate of drug-likeness (QED) is 0.525. The third-order valence-electron chi connectivity index (χ3n) is 1.49. The van der Waals surface area contributed by atoms with Crippen molar-refractivity contribution in [1.29, 1.82) is 5.41 Å². The van der Waals surface area contributed by atoms with Crippen molar-refractivity contribution in [2.24, 2.45) is 0 Å². The van der Waals surface area contributed by atoms with Crippen LogP contribution in [-0.4, -0.2) is 24.8 Å². The average molecular weight is 185 g/mol. The van der Waals surface area contributed by atoms with Crippen LogP contribution < -0.4 is 0 Å². The molecular weight excluding hydrogens is 172 g/mol. The minimum atomic E-state index is 0. The molecule has 3 heteroatoms. The number of rotatable bonds is 1. The average Bonchev–Trinajstić information content (AvgIpc) is 2.05. The van der Waals surface area contributed by atoms with Gasteiger partial charge in [-0.3, -0.25) is 5.41 Å². The Bertz CT molecular complexity index is 244. The van der Waals surface area contributed by atoms with Crippen LogP contribution in [0.2, 0.25) is 0 Å². The van der Waals surface area contributed by atoms with Gasteiger partial charge in [0, 0.05) is 19.7 Å². The predicted molar refractivity (Wildman–Crippen MR) is 54.2 cm³/mol. The summed E-state index contributed by atoms with van der Waals surface area (Å²) in [4.78, 5) is 1.79. The Kier molecular flexibility index (Phi) is 4.37. The van der Waals surface area contributed by atoms with Crippen molar-refractivity contribution in [3.8, 4) is 0 Å². The third-order valence-corrected chi connectivity index (χ3v) is 1.49. The summed E-state index contributed by atoms with van der Waals surface area (Å²) in [5.74, 6) is 0.547. The van der Waals surface area contributed by atoms with Crippen LogP contribution in [0, 0.1) is 5.41 Å². The summed E-state index contributed by atoms with van der Waals surface area (Å²) in [5, 5.41) is 7.61. The molecule has 12 heavy (non-hydrogen) atoms. The van der Waals surface area contributed by atoms with E-state index in [4.69, 9.17) is 5.41 Å². The normalized spacial score (nSPS) is 8.50. The number of nitrogens with zero attached hydrogens (tertiary/aromatic N) is 1. The van der Waals surface area contributed by atoms with E-state index in [9.17, 15) is 0 Å². The van der Waals surface area contributed by atoms with Crippen molar-refractivity contribution in [2.45, 2.75) is 0 Å². The largest absolute Gasteiger partial charge is 0.363 e. The molecule has 66 valence electrons. The summed E-state index contributed by atoms with van der Waals surface area (Å²) in [6.45, 7) is 0. The molecule has 0 atom stereocenters. The maximum absolute atomic E-state index is 7.61. The molecule has 0 unspecified atom stereocenters. The number of amidine groups is 1. The molecule has 1 aromatic rings. The van der Waals surface area contributed by atoms with Gasteiger partial charge in [0.05, 0.1) is 0 Å². The molecule has 0 aliphatic carbocycles. The molecular formula is C9H13ClN2. The van der Waals surface area contributed by atoms with E-state index in [0.29, 0.717) is 5.84 Å². The van der Waals surface area contributed by atoms with E-state index in [1.807, 2.05) is 44.4 Å². The van der Waals surface area contributed by atoms with Crippen molar-refractivity contribution < 1.29 is 0 Å². The molecule has 0 saturated carbocycles. The summed E-state index contributed by atoms with van der Waals surface area (Å²) >= 11 is 0. The number of nitrogens with one attached hydrogen (secondary N) is 1. The molecule has 0 aliphatic rings. The van der Waals surface area contributed by atoms with E-state index in [1.165, 1.54) is 0 Å². The zero-order valence-electron chi connectivity index (χ0n) is 7.24. The van der Waals surface area contributed by atoms with Crippen molar-refractivity contribution >= 4 is 18.2 Å². The molecule has 0 bridgehead atoms. The second-order valence-electron chi connectivity index (χ2n) is 2.61. The van der Waals surface area contributed by atoms with Crippen LogP contribution in [-0.2, 0) is 0 Å². The summed E-state index contributed by atoms with van der Waals surface area (Å²) < 4.78 is 0. The van der Waals surface area contributed by atoms with E-state index in [-0.39, 0.29) is 12.4 Å². The standard InChI is InChI=1S/C9H12N2.ClH/c1-11(2)9(10)8-6-4-3-5-7-8;/h3-7,10H,1-2H3;1H. The van der Waals surface area contributed by atoms with Gasteiger partial charge in [0.1, 0.15) is 5.84 Å². The Morgan fingerprint density at radius 2 is 1.67 bits per heavy atom. The van der Waals surface area contributed by atoms with Gasteiger partial charge in [-0.25, -0.2) is 0 Å². The number of hydrogen-bond acceptors (Lipinski definition) is 1. The summed E-state index contributed by atoms with van der Waals surface area (Å²) in [7, 11) is 3.74. The fraction of sp³-hybridized carbons (Fsp3) is 0.222. The molecule has 0 radical (unpaired) electrons. The molecule has 0 amide bonds. The zero-order valence-corrected chi connectivity index (χ0v) is 8.06. The zero-order chi connectivity index (χ0) is 8.27. The first-order valence-corrected chi connectivity index (χ1v) is 3.53. The van der Waals surface area contributed by atoms with Crippen LogP contribution in [0.1, 0.15) is 5.56 Å². The maximum Gasteiger partial charge on any atom is 0.127 e. The van der Waals surface area contributed by atoms with E-state index >= 15 is 0 Å². The summed E-state index contributed by atoms with van der Waals surface area (Å²) in [5.41, 5.74) is 0.956. The molecule has 0 saturated heterocycles. The van der Waals surface area contributed by atoms with E-state index < -0.39 is 0 Å². The predicted octanol–water partition coefficient (Wildman–Crippen LogP) is 2.00. The number of benzene rings is 1. The van der Waals surface area contributed by atoms with E-state index in [0.717, 1.165) is 5.56 Å². The third kappa shape index (κ3) is 2.55. The fourth-order valence-electron chi connectivity index (χ4n) is 0.854. The Labute approximate surface area is 79.1 Å². The molecule has 1 N–H and O–H groups in total. The minimum Gasteiger partial charge on any atom is -0.363 e. The maximum atomic E-state index is 7.61. The van der Waals surface area contributed by atoms with Gasteiger partial charge in [0.2, 0.25) is 0 Å². The highest BCUT2D eigenvalue weighted by molar-refractivity contribution is 5.95. The highest BCUT2D eigenvalue weighted by atomic mass is 35.5. The van der Waals surface area contributed by atoms with Crippen LogP contribution >= 0.6 is 12.4 Å². The van der Waals surface area contributed by atoms with Crippen LogP contribution in [0.4, 0.5) is 0 Å². The Morgan fingerprint density at radius 1 is 1.17 bits per heavy atom. The monoisotopic (exact) mass is 184 g/mol. The van der Waals surface area contributed by atoms with Crippen LogP contribution in [0.25, 0.3) is 0 Å². The van der Waals surface area contributed by atoms with Gasteiger partial charge in [0.15, 0.2) is 0 Å². The fourth-order valence-corrected chi connectivity index (χ4v) is 0.854. The smallest absolute Gasteiger partial charge is 0.127 e. The van der Waals surface area contributed by atoms with Gasteiger partial charge in [-0.05, 0) is 0 Å².